The highest BCUT2D eigenvalue weighted by Crippen LogP contribution is 2.24. The van der Waals surface area contributed by atoms with Gasteiger partial charge in [-0.15, -0.1) is 0 Å². The van der Waals surface area contributed by atoms with Crippen molar-refractivity contribution in [2.24, 2.45) is 0 Å². The maximum absolute atomic E-state index is 12.3. The number of rotatable bonds is 4. The lowest BCUT2D eigenvalue weighted by molar-refractivity contribution is 0.0597. The van der Waals surface area contributed by atoms with Gasteiger partial charge < -0.3 is 9.84 Å². The molecule has 0 aliphatic carbocycles. The fraction of sp³-hybridized carbons (Fsp3) is 0.167. The zero-order chi connectivity index (χ0) is 15.4. The number of carbonyl (C=O) groups is 2. The highest BCUT2D eigenvalue weighted by atomic mass is 32.1. The third-order valence-corrected chi connectivity index (χ3v) is 3.16. The van der Waals surface area contributed by atoms with E-state index in [0.717, 1.165) is 18.6 Å². The summed E-state index contributed by atoms with van der Waals surface area (Å²) in [5.41, 5.74) is -0.262. The van der Waals surface area contributed by atoms with E-state index in [9.17, 15) is 19.1 Å². The number of benzene rings is 1. The zero-order valence-electron chi connectivity index (χ0n) is 10.8. The minimum absolute atomic E-state index is 0.0390. The van der Waals surface area contributed by atoms with Crippen LogP contribution in [-0.2, 0) is 11.4 Å². The predicted octanol–water partition coefficient (Wildman–Crippen LogP) is 1.75. The Morgan fingerprint density at radius 2 is 2.14 bits per heavy atom. The van der Waals surface area contributed by atoms with E-state index >= 15 is 0 Å². The molecule has 1 aromatic heterocycles. The Bertz CT molecular complexity index is 689. The lowest BCUT2D eigenvalue weighted by Crippen LogP contribution is -2.13. The Labute approximate surface area is 122 Å². The van der Waals surface area contributed by atoms with Crippen LogP contribution < -0.4 is 5.32 Å². The SMILES string of the molecule is COC(=O)c1cccc(C(=O)Nc2nc(CF)ns2)c1O. The van der Waals surface area contributed by atoms with E-state index in [1.54, 1.807) is 0 Å². The molecule has 110 valence electrons. The summed E-state index contributed by atoms with van der Waals surface area (Å²) in [5, 5.41) is 12.4. The smallest absolute Gasteiger partial charge is 0.341 e. The second-order valence-corrected chi connectivity index (χ2v) is 4.55. The summed E-state index contributed by atoms with van der Waals surface area (Å²) >= 11 is 0.812. The van der Waals surface area contributed by atoms with Gasteiger partial charge in [0.1, 0.15) is 11.3 Å². The highest BCUT2D eigenvalue weighted by Gasteiger charge is 2.19. The molecule has 7 nitrogen and oxygen atoms in total. The van der Waals surface area contributed by atoms with Crippen LogP contribution in [0.25, 0.3) is 0 Å². The number of para-hydroxylation sites is 1. The van der Waals surface area contributed by atoms with Gasteiger partial charge in [0.2, 0.25) is 5.13 Å². The molecule has 0 aliphatic heterocycles. The number of amides is 1. The summed E-state index contributed by atoms with van der Waals surface area (Å²) in [5.74, 6) is -2.00. The minimum Gasteiger partial charge on any atom is -0.506 e. The average Bonchev–Trinajstić information content (AvgIpc) is 2.94. The van der Waals surface area contributed by atoms with Gasteiger partial charge in [-0.05, 0) is 12.1 Å². The van der Waals surface area contributed by atoms with Gasteiger partial charge in [-0.2, -0.15) is 4.37 Å². The van der Waals surface area contributed by atoms with Crippen LogP contribution >= 0.6 is 11.5 Å². The van der Waals surface area contributed by atoms with E-state index in [1.165, 1.54) is 18.2 Å². The van der Waals surface area contributed by atoms with E-state index in [1.807, 2.05) is 0 Å². The molecule has 1 heterocycles. The van der Waals surface area contributed by atoms with E-state index in [4.69, 9.17) is 0 Å². The van der Waals surface area contributed by atoms with Crippen molar-refractivity contribution in [3.63, 3.8) is 0 Å². The minimum atomic E-state index is -0.838. The van der Waals surface area contributed by atoms with E-state index in [0.29, 0.717) is 0 Å². The second-order valence-electron chi connectivity index (χ2n) is 3.80. The Balaban J connectivity index is 2.25. The summed E-state index contributed by atoms with van der Waals surface area (Å²) in [7, 11) is 1.16. The van der Waals surface area contributed by atoms with Crippen molar-refractivity contribution in [1.29, 1.82) is 0 Å². The normalized spacial score (nSPS) is 10.2. The van der Waals surface area contributed by atoms with Gasteiger partial charge >= 0.3 is 5.97 Å². The molecule has 0 saturated carbocycles. The van der Waals surface area contributed by atoms with Crippen molar-refractivity contribution in [2.75, 3.05) is 12.4 Å². The van der Waals surface area contributed by atoms with Crippen molar-refractivity contribution in [3.05, 3.63) is 35.2 Å². The lowest BCUT2D eigenvalue weighted by atomic mass is 10.1. The maximum Gasteiger partial charge on any atom is 0.341 e. The molecule has 0 aliphatic rings. The molecular weight excluding hydrogens is 301 g/mol. The van der Waals surface area contributed by atoms with Gasteiger partial charge in [0.25, 0.3) is 5.91 Å². The molecule has 2 aromatic rings. The van der Waals surface area contributed by atoms with Gasteiger partial charge in [0.05, 0.1) is 12.7 Å². The number of nitrogens with zero attached hydrogens (tertiary/aromatic N) is 2. The summed E-state index contributed by atoms with van der Waals surface area (Å²) in [4.78, 5) is 27.2. The summed E-state index contributed by atoms with van der Waals surface area (Å²) < 4.78 is 20.5. The fourth-order valence-corrected chi connectivity index (χ4v) is 2.09. The maximum atomic E-state index is 12.3. The van der Waals surface area contributed by atoms with Crippen LogP contribution in [-0.4, -0.2) is 33.5 Å². The Morgan fingerprint density at radius 1 is 1.43 bits per heavy atom. The number of ether oxygens (including phenoxy) is 1. The summed E-state index contributed by atoms with van der Waals surface area (Å²) in [6, 6.07) is 4.08. The second kappa shape index (κ2) is 6.27. The van der Waals surface area contributed by atoms with Crippen LogP contribution in [0.15, 0.2) is 18.2 Å². The van der Waals surface area contributed by atoms with Crippen LogP contribution in [0.2, 0.25) is 0 Å². The molecule has 0 radical (unpaired) electrons. The number of phenolic OH excluding ortho intramolecular Hbond substituents is 1. The Hall–Kier alpha value is -2.55. The molecule has 0 saturated heterocycles. The van der Waals surface area contributed by atoms with Crippen LogP contribution in [0.3, 0.4) is 0 Å². The van der Waals surface area contributed by atoms with Crippen LogP contribution in [0, 0.1) is 0 Å². The molecule has 1 aromatic carbocycles. The first kappa shape index (κ1) is 14.9. The van der Waals surface area contributed by atoms with E-state index in [2.05, 4.69) is 19.4 Å². The molecular formula is C12H10FN3O4S. The van der Waals surface area contributed by atoms with Crippen molar-refractivity contribution >= 4 is 28.5 Å². The number of halogens is 1. The lowest BCUT2D eigenvalue weighted by Gasteiger charge is -2.07. The predicted molar refractivity (Wildman–Crippen MR) is 72.1 cm³/mol. The number of methoxy groups -OCH3 is 1. The highest BCUT2D eigenvalue weighted by molar-refractivity contribution is 7.09. The number of nitrogens with one attached hydrogen (secondary N) is 1. The van der Waals surface area contributed by atoms with Gasteiger partial charge in [0, 0.05) is 11.5 Å². The topological polar surface area (TPSA) is 101 Å². The molecule has 0 fully saturated rings. The van der Waals surface area contributed by atoms with Crippen LogP contribution in [0.4, 0.5) is 9.52 Å². The largest absolute Gasteiger partial charge is 0.506 e. The van der Waals surface area contributed by atoms with Crippen molar-refractivity contribution in [3.8, 4) is 5.75 Å². The number of phenols is 1. The third kappa shape index (κ3) is 3.14. The molecule has 9 heteroatoms. The van der Waals surface area contributed by atoms with Gasteiger partial charge in [-0.1, -0.05) is 6.07 Å². The molecule has 2 N–H and O–H groups in total. The Morgan fingerprint density at radius 3 is 2.76 bits per heavy atom. The van der Waals surface area contributed by atoms with Crippen LogP contribution in [0.5, 0.6) is 5.75 Å². The van der Waals surface area contributed by atoms with Gasteiger partial charge in [0.15, 0.2) is 12.5 Å². The van der Waals surface area contributed by atoms with Gasteiger partial charge in [-0.3, -0.25) is 10.1 Å². The number of hydrogen-bond donors (Lipinski definition) is 2. The van der Waals surface area contributed by atoms with Crippen molar-refractivity contribution < 1.29 is 23.8 Å². The number of aromatic hydroxyl groups is 1. The van der Waals surface area contributed by atoms with Gasteiger partial charge in [-0.25, -0.2) is 14.2 Å². The molecule has 1 amide bonds. The Kier molecular flexibility index (Phi) is 4.43. The fourth-order valence-electron chi connectivity index (χ4n) is 1.52. The summed E-state index contributed by atoms with van der Waals surface area (Å²) in [6.07, 6.45) is 0. The average molecular weight is 311 g/mol. The van der Waals surface area contributed by atoms with Crippen molar-refractivity contribution in [1.82, 2.24) is 9.36 Å². The monoisotopic (exact) mass is 311 g/mol. The summed E-state index contributed by atoms with van der Waals surface area (Å²) in [6.45, 7) is -0.838. The van der Waals surface area contributed by atoms with Crippen LogP contribution in [0.1, 0.15) is 26.5 Å². The zero-order valence-corrected chi connectivity index (χ0v) is 11.6. The molecule has 0 spiro atoms. The van der Waals surface area contributed by atoms with Crippen molar-refractivity contribution in [2.45, 2.75) is 6.67 Å². The first-order chi connectivity index (χ1) is 10.1. The first-order valence-corrected chi connectivity index (χ1v) is 6.44. The molecule has 2 rings (SSSR count). The third-order valence-electron chi connectivity index (χ3n) is 2.49. The number of anilines is 1. The number of alkyl halides is 1. The number of esters is 1. The quantitative estimate of drug-likeness (QED) is 0.834. The molecule has 0 atom stereocenters. The number of hydrogen-bond acceptors (Lipinski definition) is 7. The molecule has 0 unspecified atom stereocenters. The molecule has 0 bridgehead atoms. The standard InChI is InChI=1S/C12H10FN3O4S/c1-20-11(19)7-4-2-3-6(9(7)17)10(18)15-12-14-8(5-13)16-21-12/h2-4,17H,5H2,1H3,(H,14,15,16,18). The number of aromatic nitrogens is 2. The molecule has 21 heavy (non-hydrogen) atoms. The number of carbonyl (C=O) groups excluding carboxylic acids is 2. The van der Waals surface area contributed by atoms with E-state index in [-0.39, 0.29) is 22.1 Å². The first-order valence-electron chi connectivity index (χ1n) is 5.67. The van der Waals surface area contributed by atoms with E-state index < -0.39 is 24.3 Å².